The number of rotatable bonds is 4. The van der Waals surface area contributed by atoms with E-state index >= 15 is 0 Å². The normalized spacial score (nSPS) is 20.7. The molecule has 2 aliphatic rings. The number of amides is 2. The maximum absolute atomic E-state index is 12.7. The van der Waals surface area contributed by atoms with Gasteiger partial charge in [0.1, 0.15) is 0 Å². The van der Waals surface area contributed by atoms with Gasteiger partial charge in [-0.3, -0.25) is 9.59 Å². The summed E-state index contributed by atoms with van der Waals surface area (Å²) >= 11 is 0. The van der Waals surface area contributed by atoms with E-state index in [9.17, 15) is 9.59 Å². The highest BCUT2D eigenvalue weighted by molar-refractivity contribution is 5.94. The summed E-state index contributed by atoms with van der Waals surface area (Å²) in [7, 11) is 0. The fourth-order valence-corrected chi connectivity index (χ4v) is 4.01. The zero-order chi connectivity index (χ0) is 19.3. The largest absolute Gasteiger partial charge is 0.351 e. The van der Waals surface area contributed by atoms with E-state index in [2.05, 4.69) is 15.8 Å². The van der Waals surface area contributed by atoms with Crippen LogP contribution in [0.4, 0.5) is 0 Å². The van der Waals surface area contributed by atoms with Gasteiger partial charge < -0.3 is 20.1 Å². The Hall–Kier alpha value is -2.67. The first-order valence-electron chi connectivity index (χ1n) is 10.0. The Morgan fingerprint density at radius 2 is 1.93 bits per heavy atom. The maximum Gasteiger partial charge on any atom is 0.290 e. The molecule has 1 aromatic heterocycles. The second-order valence-electron chi connectivity index (χ2n) is 7.57. The second kappa shape index (κ2) is 8.56. The molecule has 7 nitrogen and oxygen atoms in total. The van der Waals surface area contributed by atoms with Gasteiger partial charge in [0.15, 0.2) is 0 Å². The summed E-state index contributed by atoms with van der Waals surface area (Å²) in [6.07, 6.45) is 3.72. The highest BCUT2D eigenvalue weighted by Gasteiger charge is 2.27. The molecule has 2 fully saturated rings. The Labute approximate surface area is 164 Å². The number of piperidine rings is 2. The van der Waals surface area contributed by atoms with Crippen LogP contribution in [0.15, 0.2) is 40.9 Å². The molecule has 0 aliphatic carbocycles. The summed E-state index contributed by atoms with van der Waals surface area (Å²) < 4.78 is 5.30. The molecule has 1 unspecified atom stereocenters. The molecule has 2 N–H and O–H groups in total. The number of nitrogens with zero attached hydrogens (tertiary/aromatic N) is 2. The van der Waals surface area contributed by atoms with Crippen molar-refractivity contribution in [2.75, 3.05) is 26.2 Å². The van der Waals surface area contributed by atoms with Crippen LogP contribution in [-0.4, -0.2) is 54.1 Å². The molecule has 0 bridgehead atoms. The summed E-state index contributed by atoms with van der Waals surface area (Å²) in [4.78, 5) is 27.1. The van der Waals surface area contributed by atoms with Crippen molar-refractivity contribution in [3.8, 4) is 0 Å². The maximum atomic E-state index is 12.7. The van der Waals surface area contributed by atoms with Crippen LogP contribution in [0.1, 0.15) is 58.2 Å². The molecule has 2 saturated heterocycles. The molecule has 1 aromatic carbocycles. The molecule has 2 aliphatic heterocycles. The van der Waals surface area contributed by atoms with Gasteiger partial charge in [-0.2, -0.15) is 0 Å². The van der Waals surface area contributed by atoms with Gasteiger partial charge in [-0.05, 0) is 50.9 Å². The van der Waals surface area contributed by atoms with E-state index < -0.39 is 0 Å². The molecule has 4 rings (SSSR count). The highest BCUT2D eigenvalue weighted by Crippen LogP contribution is 2.24. The first-order valence-corrected chi connectivity index (χ1v) is 10.0. The predicted molar refractivity (Wildman–Crippen MR) is 104 cm³/mol. The predicted octanol–water partition coefficient (Wildman–Crippen LogP) is 2.18. The smallest absolute Gasteiger partial charge is 0.290 e. The SMILES string of the molecule is O=C(NC1CCCN(C(=O)c2ccccc2)C1)c1cc(C2CCNCC2)no1. The number of hydrogen-bond donors (Lipinski definition) is 2. The van der Waals surface area contributed by atoms with Crippen LogP contribution < -0.4 is 10.6 Å². The Kier molecular flexibility index (Phi) is 5.71. The molecule has 0 spiro atoms. The van der Waals surface area contributed by atoms with Gasteiger partial charge in [-0.1, -0.05) is 23.4 Å². The molecule has 1 atom stereocenters. The average Bonchev–Trinajstić information content (AvgIpc) is 3.25. The fraction of sp³-hybridized carbons (Fsp3) is 0.476. The molecule has 28 heavy (non-hydrogen) atoms. The van der Waals surface area contributed by atoms with Crippen LogP contribution in [0.25, 0.3) is 0 Å². The zero-order valence-electron chi connectivity index (χ0n) is 15.9. The summed E-state index contributed by atoms with van der Waals surface area (Å²) in [5.41, 5.74) is 1.53. The van der Waals surface area contributed by atoms with Crippen LogP contribution in [0.5, 0.6) is 0 Å². The Morgan fingerprint density at radius 3 is 2.71 bits per heavy atom. The van der Waals surface area contributed by atoms with Crippen molar-refractivity contribution >= 4 is 11.8 Å². The first kappa shape index (κ1) is 18.7. The van der Waals surface area contributed by atoms with E-state index in [-0.39, 0.29) is 23.6 Å². The number of nitrogens with one attached hydrogen (secondary N) is 2. The van der Waals surface area contributed by atoms with Crippen LogP contribution in [0, 0.1) is 0 Å². The molecule has 0 saturated carbocycles. The molecular weight excluding hydrogens is 356 g/mol. The molecular formula is C21H26N4O3. The van der Waals surface area contributed by atoms with Gasteiger partial charge in [0, 0.05) is 36.7 Å². The molecule has 7 heteroatoms. The average molecular weight is 382 g/mol. The minimum atomic E-state index is -0.258. The fourth-order valence-electron chi connectivity index (χ4n) is 4.01. The van der Waals surface area contributed by atoms with E-state index in [4.69, 9.17) is 4.52 Å². The van der Waals surface area contributed by atoms with E-state index in [0.29, 0.717) is 24.6 Å². The topological polar surface area (TPSA) is 87.5 Å². The lowest BCUT2D eigenvalue weighted by Crippen LogP contribution is -2.49. The Balaban J connectivity index is 1.35. The quantitative estimate of drug-likeness (QED) is 0.846. The number of likely N-dealkylation sites (tertiary alicyclic amines) is 1. The zero-order valence-corrected chi connectivity index (χ0v) is 15.9. The molecule has 0 radical (unpaired) electrons. The summed E-state index contributed by atoms with van der Waals surface area (Å²) in [5, 5.41) is 10.4. The van der Waals surface area contributed by atoms with E-state index in [1.165, 1.54) is 0 Å². The van der Waals surface area contributed by atoms with E-state index in [1.54, 1.807) is 6.07 Å². The van der Waals surface area contributed by atoms with Crippen LogP contribution in [-0.2, 0) is 0 Å². The van der Waals surface area contributed by atoms with Crippen molar-refractivity contribution in [1.82, 2.24) is 20.7 Å². The lowest BCUT2D eigenvalue weighted by molar-refractivity contribution is 0.0671. The van der Waals surface area contributed by atoms with Crippen molar-refractivity contribution < 1.29 is 14.1 Å². The summed E-state index contributed by atoms with van der Waals surface area (Å²) in [6, 6.07) is 10.9. The number of benzene rings is 1. The van der Waals surface area contributed by atoms with Crippen LogP contribution >= 0.6 is 0 Å². The monoisotopic (exact) mass is 382 g/mol. The third kappa shape index (κ3) is 4.25. The number of carbonyl (C=O) groups excluding carboxylic acids is 2. The Bertz CT molecular complexity index is 814. The lowest BCUT2D eigenvalue weighted by Gasteiger charge is -2.33. The minimum absolute atomic E-state index is 0.00686. The number of hydrogen-bond acceptors (Lipinski definition) is 5. The van der Waals surface area contributed by atoms with Gasteiger partial charge in [0.25, 0.3) is 11.8 Å². The first-order chi connectivity index (χ1) is 13.7. The molecule has 2 aromatic rings. The van der Waals surface area contributed by atoms with E-state index in [0.717, 1.165) is 44.5 Å². The standard InChI is InChI=1S/C21H26N4O3/c26-20(19-13-18(24-28-19)15-8-10-22-11-9-15)23-17-7-4-12-25(14-17)21(27)16-5-2-1-3-6-16/h1-3,5-6,13,15,17,22H,4,7-12,14H2,(H,23,26). The van der Waals surface area contributed by atoms with Gasteiger partial charge >= 0.3 is 0 Å². The lowest BCUT2D eigenvalue weighted by atomic mass is 9.94. The van der Waals surface area contributed by atoms with Crippen LogP contribution in [0.3, 0.4) is 0 Å². The molecule has 3 heterocycles. The van der Waals surface area contributed by atoms with Gasteiger partial charge in [0.2, 0.25) is 5.76 Å². The second-order valence-corrected chi connectivity index (χ2v) is 7.57. The van der Waals surface area contributed by atoms with Crippen molar-refractivity contribution in [1.29, 1.82) is 0 Å². The highest BCUT2D eigenvalue weighted by atomic mass is 16.5. The van der Waals surface area contributed by atoms with E-state index in [1.807, 2.05) is 35.2 Å². The summed E-state index contributed by atoms with van der Waals surface area (Å²) in [6.45, 7) is 3.15. The molecule has 2 amide bonds. The number of carbonyl (C=O) groups is 2. The number of aromatic nitrogens is 1. The van der Waals surface area contributed by atoms with Gasteiger partial charge in [-0.25, -0.2) is 0 Å². The van der Waals surface area contributed by atoms with Crippen LogP contribution in [0.2, 0.25) is 0 Å². The van der Waals surface area contributed by atoms with Gasteiger partial charge in [-0.15, -0.1) is 0 Å². The van der Waals surface area contributed by atoms with Crippen molar-refractivity contribution in [2.45, 2.75) is 37.6 Å². The summed E-state index contributed by atoms with van der Waals surface area (Å²) in [5.74, 6) is 0.347. The minimum Gasteiger partial charge on any atom is -0.351 e. The van der Waals surface area contributed by atoms with Gasteiger partial charge in [0.05, 0.1) is 5.69 Å². The molecule has 148 valence electrons. The third-order valence-corrected chi connectivity index (χ3v) is 5.57. The van der Waals surface area contributed by atoms with Crippen molar-refractivity contribution in [2.24, 2.45) is 0 Å². The van der Waals surface area contributed by atoms with Crippen molar-refractivity contribution in [3.05, 3.63) is 53.4 Å². The third-order valence-electron chi connectivity index (χ3n) is 5.57. The van der Waals surface area contributed by atoms with Crippen molar-refractivity contribution in [3.63, 3.8) is 0 Å². The Morgan fingerprint density at radius 1 is 1.14 bits per heavy atom.